The first-order valence-electron chi connectivity index (χ1n) is 5.77. The predicted molar refractivity (Wildman–Crippen MR) is 71.8 cm³/mol. The summed E-state index contributed by atoms with van der Waals surface area (Å²) in [7, 11) is 0. The third-order valence-corrected chi connectivity index (χ3v) is 3.03. The van der Waals surface area contributed by atoms with Gasteiger partial charge in [-0.2, -0.15) is 0 Å². The monoisotopic (exact) mass is 304 g/mol. The number of carbonyl (C=O) groups is 4. The predicted octanol–water partition coefficient (Wildman–Crippen LogP) is 1.63. The minimum absolute atomic E-state index is 0.0136. The maximum absolute atomic E-state index is 11.2. The van der Waals surface area contributed by atoms with Crippen molar-refractivity contribution in [2.75, 3.05) is 0 Å². The zero-order valence-electron chi connectivity index (χ0n) is 10.7. The molecule has 0 radical (unpaired) electrons. The largest absolute Gasteiger partial charge is 0.478 e. The molecule has 0 aliphatic heterocycles. The van der Waals surface area contributed by atoms with Gasteiger partial charge in [-0.05, 0) is 35.0 Å². The number of rotatable bonds is 4. The van der Waals surface area contributed by atoms with Gasteiger partial charge in [0.1, 0.15) is 0 Å². The van der Waals surface area contributed by atoms with Crippen LogP contribution in [0.1, 0.15) is 41.4 Å². The molecular formula is C14H8O8. The first kappa shape index (κ1) is 15.0. The Balaban J connectivity index is 2.96. The van der Waals surface area contributed by atoms with Crippen LogP contribution in [0.4, 0.5) is 0 Å². The van der Waals surface area contributed by atoms with Crippen LogP contribution in [0.15, 0.2) is 24.3 Å². The number of aromatic carboxylic acids is 4. The van der Waals surface area contributed by atoms with Crippen molar-refractivity contribution in [3.05, 3.63) is 46.5 Å². The summed E-state index contributed by atoms with van der Waals surface area (Å²) in [5.41, 5.74) is -1.90. The van der Waals surface area contributed by atoms with Gasteiger partial charge in [0.25, 0.3) is 0 Å². The minimum Gasteiger partial charge on any atom is -0.478 e. The fraction of sp³-hybridized carbons (Fsp3) is 0. The van der Waals surface area contributed by atoms with E-state index in [1.54, 1.807) is 0 Å². The third-order valence-electron chi connectivity index (χ3n) is 3.03. The summed E-state index contributed by atoms with van der Waals surface area (Å²) in [4.78, 5) is 44.5. The fourth-order valence-electron chi connectivity index (χ4n) is 2.07. The van der Waals surface area contributed by atoms with E-state index in [9.17, 15) is 19.2 Å². The molecule has 0 spiro atoms. The zero-order valence-corrected chi connectivity index (χ0v) is 10.7. The molecule has 0 amide bonds. The van der Waals surface area contributed by atoms with Crippen LogP contribution in [-0.4, -0.2) is 44.3 Å². The van der Waals surface area contributed by atoms with Gasteiger partial charge in [0.05, 0.1) is 22.3 Å². The van der Waals surface area contributed by atoms with Crippen molar-refractivity contribution >= 4 is 34.6 Å². The van der Waals surface area contributed by atoms with Crippen LogP contribution in [0.3, 0.4) is 0 Å². The molecule has 112 valence electrons. The summed E-state index contributed by atoms with van der Waals surface area (Å²) in [5.74, 6) is -5.88. The fourth-order valence-corrected chi connectivity index (χ4v) is 2.07. The maximum Gasteiger partial charge on any atom is 0.336 e. The Morgan fingerprint density at radius 2 is 1.09 bits per heavy atom. The van der Waals surface area contributed by atoms with E-state index in [0.717, 1.165) is 24.3 Å². The summed E-state index contributed by atoms with van der Waals surface area (Å²) in [6.45, 7) is 0. The van der Waals surface area contributed by atoms with E-state index in [1.165, 1.54) is 0 Å². The van der Waals surface area contributed by atoms with Crippen molar-refractivity contribution in [2.24, 2.45) is 0 Å². The molecule has 8 nitrogen and oxygen atoms in total. The Kier molecular flexibility index (Phi) is 3.52. The van der Waals surface area contributed by atoms with Crippen molar-refractivity contribution in [2.45, 2.75) is 0 Å². The molecule has 0 heterocycles. The Labute approximate surface area is 121 Å². The lowest BCUT2D eigenvalue weighted by atomic mass is 9.95. The second-order valence-corrected chi connectivity index (χ2v) is 4.36. The average molecular weight is 304 g/mol. The standard InChI is InChI=1S/C14H8O8/c15-11(16)6-1-5-2-9(13(19)20)10(14(21)22)4-7(5)8(3-6)12(17)18/h1-4H,(H,15,16)(H,17,18)(H,19,20)(H,21,22). The van der Waals surface area contributed by atoms with E-state index in [4.69, 9.17) is 20.4 Å². The van der Waals surface area contributed by atoms with Crippen LogP contribution in [0, 0.1) is 0 Å². The molecule has 0 saturated heterocycles. The first-order chi connectivity index (χ1) is 10.2. The van der Waals surface area contributed by atoms with Gasteiger partial charge in [-0.15, -0.1) is 0 Å². The number of hydrogen-bond acceptors (Lipinski definition) is 4. The molecule has 0 bridgehead atoms. The van der Waals surface area contributed by atoms with E-state index in [0.29, 0.717) is 0 Å². The van der Waals surface area contributed by atoms with Crippen molar-refractivity contribution in [1.29, 1.82) is 0 Å². The Morgan fingerprint density at radius 1 is 0.591 bits per heavy atom. The van der Waals surface area contributed by atoms with Crippen LogP contribution < -0.4 is 0 Å². The van der Waals surface area contributed by atoms with Crippen LogP contribution >= 0.6 is 0 Å². The second kappa shape index (κ2) is 5.17. The van der Waals surface area contributed by atoms with Gasteiger partial charge >= 0.3 is 23.9 Å². The number of carboxylic acids is 4. The third kappa shape index (κ3) is 2.44. The SMILES string of the molecule is O=C(O)c1cc(C(=O)O)c2cc(C(=O)O)c(C(=O)O)cc2c1. The van der Waals surface area contributed by atoms with Crippen LogP contribution in [-0.2, 0) is 0 Å². The lowest BCUT2D eigenvalue weighted by molar-refractivity contribution is 0.0652. The quantitative estimate of drug-likeness (QED) is 0.665. The van der Waals surface area contributed by atoms with Crippen LogP contribution in [0.5, 0.6) is 0 Å². The molecule has 2 aromatic carbocycles. The second-order valence-electron chi connectivity index (χ2n) is 4.36. The van der Waals surface area contributed by atoms with E-state index < -0.39 is 40.6 Å². The first-order valence-corrected chi connectivity index (χ1v) is 5.77. The molecule has 2 aromatic rings. The molecule has 0 aliphatic carbocycles. The van der Waals surface area contributed by atoms with E-state index in [2.05, 4.69) is 0 Å². The summed E-state index contributed by atoms with van der Waals surface area (Å²) in [5, 5.41) is 36.1. The summed E-state index contributed by atoms with van der Waals surface area (Å²) < 4.78 is 0. The minimum atomic E-state index is -1.53. The molecule has 4 N–H and O–H groups in total. The Bertz CT molecular complexity index is 850. The summed E-state index contributed by atoms with van der Waals surface area (Å²) in [6.07, 6.45) is 0. The highest BCUT2D eigenvalue weighted by atomic mass is 16.4. The highest BCUT2D eigenvalue weighted by Crippen LogP contribution is 2.26. The Hall–Kier alpha value is -3.42. The highest BCUT2D eigenvalue weighted by Gasteiger charge is 2.21. The number of benzene rings is 2. The summed E-state index contributed by atoms with van der Waals surface area (Å²) >= 11 is 0. The van der Waals surface area contributed by atoms with Gasteiger partial charge in [0.2, 0.25) is 0 Å². The van der Waals surface area contributed by atoms with Crippen molar-refractivity contribution in [3.8, 4) is 0 Å². The van der Waals surface area contributed by atoms with Gasteiger partial charge in [-0.3, -0.25) is 0 Å². The molecule has 0 saturated carbocycles. The molecule has 0 aliphatic rings. The number of hydrogen-bond donors (Lipinski definition) is 4. The van der Waals surface area contributed by atoms with Crippen molar-refractivity contribution in [1.82, 2.24) is 0 Å². The van der Waals surface area contributed by atoms with Gasteiger partial charge < -0.3 is 20.4 Å². The molecule has 0 atom stereocenters. The van der Waals surface area contributed by atoms with E-state index >= 15 is 0 Å². The topological polar surface area (TPSA) is 149 Å². The van der Waals surface area contributed by atoms with Crippen LogP contribution in [0.25, 0.3) is 10.8 Å². The van der Waals surface area contributed by atoms with Gasteiger partial charge in [0.15, 0.2) is 0 Å². The molecule has 0 aromatic heterocycles. The smallest absolute Gasteiger partial charge is 0.336 e. The highest BCUT2D eigenvalue weighted by molar-refractivity contribution is 6.12. The zero-order chi connectivity index (χ0) is 16.6. The molecule has 0 fully saturated rings. The van der Waals surface area contributed by atoms with Gasteiger partial charge in [0, 0.05) is 0 Å². The number of carboxylic acid groups (broad SMARTS) is 4. The molecule has 2 rings (SSSR count). The Morgan fingerprint density at radius 3 is 1.55 bits per heavy atom. The van der Waals surface area contributed by atoms with Gasteiger partial charge in [-0.1, -0.05) is 0 Å². The summed E-state index contributed by atoms with van der Waals surface area (Å²) in [6, 6.07) is 3.83. The van der Waals surface area contributed by atoms with Crippen LogP contribution in [0.2, 0.25) is 0 Å². The molecule has 8 heteroatoms. The van der Waals surface area contributed by atoms with Crippen molar-refractivity contribution < 1.29 is 39.6 Å². The maximum atomic E-state index is 11.2. The number of fused-ring (bicyclic) bond motifs is 1. The molecule has 0 unspecified atom stereocenters. The van der Waals surface area contributed by atoms with Crippen molar-refractivity contribution in [3.63, 3.8) is 0 Å². The van der Waals surface area contributed by atoms with Gasteiger partial charge in [-0.25, -0.2) is 19.2 Å². The van der Waals surface area contributed by atoms with E-state index in [-0.39, 0.29) is 16.3 Å². The molecular weight excluding hydrogens is 296 g/mol. The van der Waals surface area contributed by atoms with E-state index in [1.807, 2.05) is 0 Å². The normalized spacial score (nSPS) is 10.4. The molecule has 22 heavy (non-hydrogen) atoms. The lowest BCUT2D eigenvalue weighted by Crippen LogP contribution is -2.10. The lowest BCUT2D eigenvalue weighted by Gasteiger charge is -2.09. The average Bonchev–Trinajstić information content (AvgIpc) is 2.43.